The van der Waals surface area contributed by atoms with Crippen molar-refractivity contribution < 1.29 is 28.6 Å². The van der Waals surface area contributed by atoms with Gasteiger partial charge < -0.3 is 14.2 Å². The van der Waals surface area contributed by atoms with Crippen molar-refractivity contribution in [1.29, 1.82) is 0 Å². The van der Waals surface area contributed by atoms with Gasteiger partial charge >= 0.3 is 17.9 Å². The molecule has 0 saturated heterocycles. The maximum Gasteiger partial charge on any atom is 0.306 e. The van der Waals surface area contributed by atoms with E-state index < -0.39 is 6.10 Å². The third kappa shape index (κ3) is 44.2. The van der Waals surface area contributed by atoms with Crippen LogP contribution in [0.25, 0.3) is 0 Å². The second kappa shape index (κ2) is 46.8. The van der Waals surface area contributed by atoms with Gasteiger partial charge in [-0.15, -0.1) is 0 Å². The van der Waals surface area contributed by atoms with Crippen LogP contribution in [-0.2, 0) is 28.6 Å². The van der Waals surface area contributed by atoms with Crippen LogP contribution >= 0.6 is 0 Å². The molecule has 334 valence electrons. The summed E-state index contributed by atoms with van der Waals surface area (Å²) in [5, 5.41) is 0. The zero-order chi connectivity index (χ0) is 42.3. The summed E-state index contributed by atoms with van der Waals surface area (Å²) in [7, 11) is 0. The minimum Gasteiger partial charge on any atom is -0.462 e. The standard InChI is InChI=1S/C52H90O6/c1-4-7-10-13-16-19-22-24-26-28-30-33-36-39-42-45-51(54)57-48-49(47-56-50(53)44-41-38-35-32-29-21-18-15-12-9-6-3)58-52(55)46-43-40-37-34-31-27-25-23-20-17-14-11-8-5-2/h7,10,13,15-16,18-19,22,24,26,49H,4-6,8-9,11-12,14,17,20-21,23,25,27-48H2,1-3H3/b10-7-,16-13-,18-15-,22-19-,26-24-. The van der Waals surface area contributed by atoms with Crippen molar-refractivity contribution in [2.24, 2.45) is 0 Å². The number of carbonyl (C=O) groups is 3. The molecule has 0 aromatic rings. The number of esters is 3. The van der Waals surface area contributed by atoms with Gasteiger partial charge in [-0.25, -0.2) is 0 Å². The first-order valence-corrected chi connectivity index (χ1v) is 24.3. The highest BCUT2D eigenvalue weighted by atomic mass is 16.6. The van der Waals surface area contributed by atoms with Gasteiger partial charge in [-0.05, 0) is 57.8 Å². The predicted octanol–water partition coefficient (Wildman–Crippen LogP) is 15.7. The lowest BCUT2D eigenvalue weighted by Crippen LogP contribution is -2.30. The first-order chi connectivity index (χ1) is 28.5. The summed E-state index contributed by atoms with van der Waals surface area (Å²) in [5.74, 6) is -0.915. The van der Waals surface area contributed by atoms with Gasteiger partial charge in [-0.1, -0.05) is 216 Å². The molecule has 0 aliphatic carbocycles. The van der Waals surface area contributed by atoms with E-state index in [4.69, 9.17) is 14.2 Å². The van der Waals surface area contributed by atoms with Crippen molar-refractivity contribution in [3.8, 4) is 0 Å². The number of allylic oxidation sites excluding steroid dienone is 10. The minimum atomic E-state index is -0.783. The first-order valence-electron chi connectivity index (χ1n) is 24.3. The van der Waals surface area contributed by atoms with Crippen LogP contribution in [0.2, 0.25) is 0 Å². The molecule has 6 heteroatoms. The summed E-state index contributed by atoms with van der Waals surface area (Å²) < 4.78 is 16.7. The summed E-state index contributed by atoms with van der Waals surface area (Å²) in [6.07, 6.45) is 56.2. The quantitative estimate of drug-likeness (QED) is 0.0201. The van der Waals surface area contributed by atoms with Crippen molar-refractivity contribution in [3.05, 3.63) is 60.8 Å². The molecule has 0 N–H and O–H groups in total. The molecule has 1 atom stereocenters. The molecular formula is C52H90O6. The number of hydrogen-bond acceptors (Lipinski definition) is 6. The number of carbonyl (C=O) groups excluding carboxylic acids is 3. The Morgan fingerprint density at radius 2 is 0.707 bits per heavy atom. The topological polar surface area (TPSA) is 78.9 Å². The highest BCUT2D eigenvalue weighted by molar-refractivity contribution is 5.71. The number of unbranched alkanes of at least 4 members (excludes halogenated alkanes) is 25. The smallest absolute Gasteiger partial charge is 0.306 e. The van der Waals surface area contributed by atoms with E-state index in [0.29, 0.717) is 19.3 Å². The maximum atomic E-state index is 12.8. The van der Waals surface area contributed by atoms with Crippen LogP contribution in [0.4, 0.5) is 0 Å². The van der Waals surface area contributed by atoms with Gasteiger partial charge in [0.25, 0.3) is 0 Å². The summed E-state index contributed by atoms with van der Waals surface area (Å²) in [6, 6.07) is 0. The Labute approximate surface area is 358 Å². The van der Waals surface area contributed by atoms with Gasteiger partial charge in [-0.2, -0.15) is 0 Å². The fourth-order valence-corrected chi connectivity index (χ4v) is 6.67. The lowest BCUT2D eigenvalue weighted by atomic mass is 10.0. The minimum absolute atomic E-state index is 0.0851. The van der Waals surface area contributed by atoms with Crippen LogP contribution in [0.1, 0.15) is 233 Å². The number of ether oxygens (including phenoxy) is 3. The fraction of sp³-hybridized carbons (Fsp3) is 0.750. The van der Waals surface area contributed by atoms with E-state index >= 15 is 0 Å². The Kier molecular flexibility index (Phi) is 44.5. The predicted molar refractivity (Wildman–Crippen MR) is 247 cm³/mol. The molecule has 0 fully saturated rings. The second-order valence-electron chi connectivity index (χ2n) is 16.1. The number of hydrogen-bond donors (Lipinski definition) is 0. The van der Waals surface area contributed by atoms with Crippen LogP contribution < -0.4 is 0 Å². The van der Waals surface area contributed by atoms with E-state index in [-0.39, 0.29) is 31.1 Å². The van der Waals surface area contributed by atoms with Crippen LogP contribution in [0, 0.1) is 0 Å². The molecule has 0 aliphatic rings. The maximum absolute atomic E-state index is 12.8. The molecule has 6 nitrogen and oxygen atoms in total. The molecule has 0 radical (unpaired) electrons. The van der Waals surface area contributed by atoms with E-state index in [0.717, 1.165) is 89.9 Å². The fourth-order valence-electron chi connectivity index (χ4n) is 6.67. The van der Waals surface area contributed by atoms with Crippen molar-refractivity contribution in [2.75, 3.05) is 13.2 Å². The molecule has 0 aromatic carbocycles. The van der Waals surface area contributed by atoms with Crippen LogP contribution in [0.5, 0.6) is 0 Å². The zero-order valence-corrected chi connectivity index (χ0v) is 38.0. The van der Waals surface area contributed by atoms with Gasteiger partial charge in [0, 0.05) is 19.3 Å². The average molecular weight is 811 g/mol. The van der Waals surface area contributed by atoms with Gasteiger partial charge in [0.05, 0.1) is 0 Å². The van der Waals surface area contributed by atoms with Gasteiger partial charge in [0.2, 0.25) is 0 Å². The molecule has 0 aromatic heterocycles. The highest BCUT2D eigenvalue weighted by Gasteiger charge is 2.19. The molecule has 58 heavy (non-hydrogen) atoms. The monoisotopic (exact) mass is 811 g/mol. The van der Waals surface area contributed by atoms with Gasteiger partial charge in [0.1, 0.15) is 13.2 Å². The normalized spacial score (nSPS) is 12.5. The Bertz CT molecular complexity index is 1070. The Balaban J connectivity index is 4.41. The van der Waals surface area contributed by atoms with E-state index in [9.17, 15) is 14.4 Å². The van der Waals surface area contributed by atoms with Crippen LogP contribution in [0.3, 0.4) is 0 Å². The van der Waals surface area contributed by atoms with Crippen LogP contribution in [0.15, 0.2) is 60.8 Å². The molecule has 0 amide bonds. The number of rotatable bonds is 43. The molecule has 0 spiro atoms. The lowest BCUT2D eigenvalue weighted by molar-refractivity contribution is -0.167. The van der Waals surface area contributed by atoms with Crippen molar-refractivity contribution in [2.45, 2.75) is 239 Å². The largest absolute Gasteiger partial charge is 0.462 e. The van der Waals surface area contributed by atoms with Crippen LogP contribution in [-0.4, -0.2) is 37.2 Å². The summed E-state index contributed by atoms with van der Waals surface area (Å²) in [5.41, 5.74) is 0. The van der Waals surface area contributed by atoms with E-state index in [2.05, 4.69) is 63.3 Å². The molecule has 0 rings (SSSR count). The average Bonchev–Trinajstić information content (AvgIpc) is 3.22. The summed E-state index contributed by atoms with van der Waals surface area (Å²) in [6.45, 7) is 6.43. The molecule has 0 bridgehead atoms. The highest BCUT2D eigenvalue weighted by Crippen LogP contribution is 2.15. The SMILES string of the molecule is CC\C=C/C=C\C=C/C=C\CCCCCCCC(=O)OCC(COC(=O)CCCCCCC/C=C\CCCC)OC(=O)CCCCCCCCCCCCCCCC. The van der Waals surface area contributed by atoms with E-state index in [1.807, 2.05) is 18.2 Å². The Morgan fingerprint density at radius 3 is 1.16 bits per heavy atom. The molecule has 0 saturated carbocycles. The third-order valence-corrected chi connectivity index (χ3v) is 10.4. The van der Waals surface area contributed by atoms with E-state index in [1.165, 1.54) is 103 Å². The van der Waals surface area contributed by atoms with Gasteiger partial charge in [-0.3, -0.25) is 14.4 Å². The Hall–Kier alpha value is -2.89. The second-order valence-corrected chi connectivity index (χ2v) is 16.1. The van der Waals surface area contributed by atoms with Crippen molar-refractivity contribution >= 4 is 17.9 Å². The summed E-state index contributed by atoms with van der Waals surface area (Å²) >= 11 is 0. The molecule has 0 aliphatic heterocycles. The molecule has 1 unspecified atom stereocenters. The lowest BCUT2D eigenvalue weighted by Gasteiger charge is -2.18. The Morgan fingerprint density at radius 1 is 0.362 bits per heavy atom. The zero-order valence-electron chi connectivity index (χ0n) is 38.0. The van der Waals surface area contributed by atoms with Gasteiger partial charge in [0.15, 0.2) is 6.10 Å². The van der Waals surface area contributed by atoms with Crippen molar-refractivity contribution in [1.82, 2.24) is 0 Å². The molecular weight excluding hydrogens is 721 g/mol. The summed E-state index contributed by atoms with van der Waals surface area (Å²) in [4.78, 5) is 37.8. The first kappa shape index (κ1) is 55.1. The van der Waals surface area contributed by atoms with Crippen molar-refractivity contribution in [3.63, 3.8) is 0 Å². The third-order valence-electron chi connectivity index (χ3n) is 10.4. The molecule has 0 heterocycles. The van der Waals surface area contributed by atoms with E-state index in [1.54, 1.807) is 0 Å².